The van der Waals surface area contributed by atoms with Gasteiger partial charge in [-0.15, -0.1) is 0 Å². The van der Waals surface area contributed by atoms with Gasteiger partial charge < -0.3 is 14.6 Å². The molecule has 8 nitrogen and oxygen atoms in total. The van der Waals surface area contributed by atoms with Crippen LogP contribution in [-0.2, 0) is 23.8 Å². The van der Waals surface area contributed by atoms with Gasteiger partial charge in [0.05, 0.1) is 23.6 Å². The molecular weight excluding hydrogens is 482 g/mol. The number of carbonyl (C=O) groups is 1. The van der Waals surface area contributed by atoms with Crippen molar-refractivity contribution in [2.75, 3.05) is 6.61 Å². The predicted molar refractivity (Wildman–Crippen MR) is 137 cm³/mol. The van der Waals surface area contributed by atoms with Crippen LogP contribution in [0.2, 0.25) is 0 Å². The SMILES string of the molecule is Cc1ccc(S(=O)(=O)OCC[C@H](O)[C@@H]2OC(C)(C)N(C(=O)OC(C)(C)C)[C@H]2CC2CCCCC2)cc1. The van der Waals surface area contributed by atoms with E-state index in [9.17, 15) is 18.3 Å². The smallest absolute Gasteiger partial charge is 0.412 e. The first-order valence-electron chi connectivity index (χ1n) is 13.0. The molecule has 0 radical (unpaired) electrons. The van der Waals surface area contributed by atoms with E-state index in [0.717, 1.165) is 31.2 Å². The summed E-state index contributed by atoms with van der Waals surface area (Å²) in [6.07, 6.45) is 4.29. The summed E-state index contributed by atoms with van der Waals surface area (Å²) in [7, 11) is -3.94. The van der Waals surface area contributed by atoms with Crippen LogP contribution >= 0.6 is 0 Å². The van der Waals surface area contributed by atoms with E-state index in [-0.39, 0.29) is 24.0 Å². The van der Waals surface area contributed by atoms with Gasteiger partial charge in [-0.3, -0.25) is 9.08 Å². The van der Waals surface area contributed by atoms with Crippen molar-refractivity contribution < 1.29 is 32.0 Å². The Morgan fingerprint density at radius 2 is 1.78 bits per heavy atom. The van der Waals surface area contributed by atoms with Crippen molar-refractivity contribution in [3.63, 3.8) is 0 Å². The van der Waals surface area contributed by atoms with E-state index in [1.165, 1.54) is 18.6 Å². The third-order valence-electron chi connectivity index (χ3n) is 6.95. The molecule has 1 N–H and O–H groups in total. The Bertz CT molecular complexity index is 978. The molecular formula is C27H43NO7S. The van der Waals surface area contributed by atoms with Crippen LogP contribution in [0.3, 0.4) is 0 Å². The minimum absolute atomic E-state index is 0.0508. The molecule has 2 aliphatic rings. The lowest BCUT2D eigenvalue weighted by Gasteiger charge is -2.37. The van der Waals surface area contributed by atoms with Gasteiger partial charge in [-0.05, 0) is 66.0 Å². The summed E-state index contributed by atoms with van der Waals surface area (Å²) in [5, 5.41) is 11.1. The standard InChI is InChI=1S/C27H43NO7S/c1-19-12-14-21(15-13-19)36(31,32)33-17-16-23(29)24-22(18-20-10-8-7-9-11-20)28(27(5,6)34-24)25(30)35-26(2,3)4/h12-15,20,22-24,29H,7-11,16-18H2,1-6H3/t22-,23-,24+/m0/s1. The third-order valence-corrected chi connectivity index (χ3v) is 8.27. The minimum Gasteiger partial charge on any atom is -0.444 e. The first-order valence-corrected chi connectivity index (χ1v) is 14.4. The van der Waals surface area contributed by atoms with Gasteiger partial charge in [0.2, 0.25) is 0 Å². The van der Waals surface area contributed by atoms with Crippen molar-refractivity contribution in [2.45, 2.75) is 121 Å². The third kappa shape index (κ3) is 7.43. The first-order chi connectivity index (χ1) is 16.7. The molecule has 36 heavy (non-hydrogen) atoms. The van der Waals surface area contributed by atoms with Crippen molar-refractivity contribution in [2.24, 2.45) is 5.92 Å². The van der Waals surface area contributed by atoms with Crippen LogP contribution in [0.25, 0.3) is 0 Å². The van der Waals surface area contributed by atoms with Crippen LogP contribution in [0.15, 0.2) is 29.2 Å². The number of nitrogens with zero attached hydrogens (tertiary/aromatic N) is 1. The lowest BCUT2D eigenvalue weighted by Crippen LogP contribution is -2.51. The molecule has 3 atom stereocenters. The number of aliphatic hydroxyl groups is 1. The van der Waals surface area contributed by atoms with E-state index >= 15 is 0 Å². The molecule has 0 spiro atoms. The summed E-state index contributed by atoms with van der Waals surface area (Å²) in [5.74, 6) is 0.430. The summed E-state index contributed by atoms with van der Waals surface area (Å²) >= 11 is 0. The molecule has 1 aliphatic heterocycles. The summed E-state index contributed by atoms with van der Waals surface area (Å²) in [4.78, 5) is 15.0. The highest BCUT2D eigenvalue weighted by Crippen LogP contribution is 2.40. The fourth-order valence-electron chi connectivity index (χ4n) is 5.24. The average Bonchev–Trinajstić information content (AvgIpc) is 3.03. The molecule has 0 bridgehead atoms. The van der Waals surface area contributed by atoms with Crippen LogP contribution < -0.4 is 0 Å². The summed E-state index contributed by atoms with van der Waals surface area (Å²) in [5.41, 5.74) is -0.705. The second kappa shape index (κ2) is 11.4. The van der Waals surface area contributed by atoms with Crippen LogP contribution in [0.1, 0.15) is 85.1 Å². The molecule has 1 heterocycles. The maximum Gasteiger partial charge on any atom is 0.412 e. The van der Waals surface area contributed by atoms with Gasteiger partial charge in [-0.25, -0.2) is 4.79 Å². The molecule has 0 aromatic heterocycles. The Morgan fingerprint density at radius 3 is 2.36 bits per heavy atom. The van der Waals surface area contributed by atoms with Crippen molar-refractivity contribution in [1.29, 1.82) is 0 Å². The van der Waals surface area contributed by atoms with Crippen molar-refractivity contribution in [1.82, 2.24) is 4.90 Å². The van der Waals surface area contributed by atoms with E-state index in [2.05, 4.69) is 0 Å². The first kappa shape index (κ1) is 28.9. The molecule has 9 heteroatoms. The number of benzene rings is 1. The fourth-order valence-corrected chi connectivity index (χ4v) is 6.16. The van der Waals surface area contributed by atoms with Gasteiger partial charge in [0.1, 0.15) is 17.4 Å². The van der Waals surface area contributed by atoms with Crippen molar-refractivity contribution in [3.05, 3.63) is 29.8 Å². The Labute approximate surface area is 216 Å². The molecule has 1 saturated carbocycles. The largest absolute Gasteiger partial charge is 0.444 e. The van der Waals surface area contributed by atoms with Gasteiger partial charge in [0, 0.05) is 6.42 Å². The topological polar surface area (TPSA) is 102 Å². The van der Waals surface area contributed by atoms with Crippen LogP contribution in [0, 0.1) is 12.8 Å². The maximum atomic E-state index is 13.3. The highest BCUT2D eigenvalue weighted by atomic mass is 32.2. The second-order valence-electron chi connectivity index (χ2n) is 11.6. The van der Waals surface area contributed by atoms with E-state index in [1.54, 1.807) is 30.9 Å². The van der Waals surface area contributed by atoms with Gasteiger partial charge in [0.15, 0.2) is 0 Å². The fraction of sp³-hybridized carbons (Fsp3) is 0.741. The van der Waals surface area contributed by atoms with Gasteiger partial charge >= 0.3 is 6.09 Å². The lowest BCUT2D eigenvalue weighted by molar-refractivity contribution is -0.105. The summed E-state index contributed by atoms with van der Waals surface area (Å²) in [6.45, 7) is 10.8. The summed E-state index contributed by atoms with van der Waals surface area (Å²) in [6, 6.07) is 6.04. The Balaban J connectivity index is 1.73. The molecule has 1 saturated heterocycles. The number of carbonyl (C=O) groups excluding carboxylic acids is 1. The molecule has 2 fully saturated rings. The monoisotopic (exact) mass is 525 g/mol. The highest BCUT2D eigenvalue weighted by molar-refractivity contribution is 7.86. The minimum atomic E-state index is -3.94. The van der Waals surface area contributed by atoms with E-state index in [1.807, 2.05) is 27.7 Å². The molecule has 1 aromatic rings. The zero-order valence-electron chi connectivity index (χ0n) is 22.5. The molecule has 0 unspecified atom stereocenters. The number of hydrogen-bond acceptors (Lipinski definition) is 7. The highest BCUT2D eigenvalue weighted by Gasteiger charge is 2.53. The number of rotatable bonds is 8. The van der Waals surface area contributed by atoms with E-state index < -0.39 is 39.7 Å². The molecule has 204 valence electrons. The van der Waals surface area contributed by atoms with Crippen molar-refractivity contribution >= 4 is 16.2 Å². The maximum absolute atomic E-state index is 13.3. The average molecular weight is 526 g/mol. The molecule has 1 aliphatic carbocycles. The Morgan fingerprint density at radius 1 is 1.17 bits per heavy atom. The number of ether oxygens (including phenoxy) is 2. The van der Waals surface area contributed by atoms with Gasteiger partial charge in [-0.2, -0.15) is 8.42 Å². The lowest BCUT2D eigenvalue weighted by atomic mass is 9.82. The quantitative estimate of drug-likeness (QED) is 0.468. The zero-order chi connectivity index (χ0) is 26.7. The molecule has 1 aromatic carbocycles. The van der Waals surface area contributed by atoms with Crippen molar-refractivity contribution in [3.8, 4) is 0 Å². The Kier molecular flexibility index (Phi) is 9.13. The number of aryl methyl sites for hydroxylation is 1. The molecule has 3 rings (SSSR count). The van der Waals surface area contributed by atoms with Crippen LogP contribution in [-0.4, -0.2) is 60.7 Å². The van der Waals surface area contributed by atoms with E-state index in [0.29, 0.717) is 12.3 Å². The zero-order valence-corrected chi connectivity index (χ0v) is 23.3. The van der Waals surface area contributed by atoms with Crippen LogP contribution in [0.5, 0.6) is 0 Å². The number of aliphatic hydroxyl groups excluding tert-OH is 1. The number of hydrogen-bond donors (Lipinski definition) is 1. The normalized spacial score (nSPS) is 24.0. The number of amides is 1. The van der Waals surface area contributed by atoms with Gasteiger partial charge in [0.25, 0.3) is 10.1 Å². The molecule has 1 amide bonds. The van der Waals surface area contributed by atoms with E-state index in [4.69, 9.17) is 13.7 Å². The van der Waals surface area contributed by atoms with Gasteiger partial charge in [-0.1, -0.05) is 49.8 Å². The second-order valence-corrected chi connectivity index (χ2v) is 13.2. The summed E-state index contributed by atoms with van der Waals surface area (Å²) < 4.78 is 42.3. The predicted octanol–water partition coefficient (Wildman–Crippen LogP) is 5.16. The van der Waals surface area contributed by atoms with Crippen LogP contribution in [0.4, 0.5) is 4.79 Å². The Hall–Kier alpha value is -1.68.